The van der Waals surface area contributed by atoms with Crippen LogP contribution in [0.3, 0.4) is 0 Å². The van der Waals surface area contributed by atoms with Crippen molar-refractivity contribution in [2.45, 2.75) is 26.9 Å². The minimum atomic E-state index is -0.553. The fourth-order valence-corrected chi connectivity index (χ4v) is 1.13. The van der Waals surface area contributed by atoms with Crippen LogP contribution in [0.2, 0.25) is 0 Å². The van der Waals surface area contributed by atoms with Crippen molar-refractivity contribution in [2.24, 2.45) is 5.41 Å². The summed E-state index contributed by atoms with van der Waals surface area (Å²) >= 11 is 0. The highest BCUT2D eigenvalue weighted by Crippen LogP contribution is 2.31. The van der Waals surface area contributed by atoms with Gasteiger partial charge in [-0.1, -0.05) is 26.8 Å². The average molecular weight is 190 g/mol. The van der Waals surface area contributed by atoms with Gasteiger partial charge in [-0.3, -0.25) is 0 Å². The summed E-state index contributed by atoms with van der Waals surface area (Å²) in [6.07, 6.45) is 0.997. The number of nitriles is 1. The summed E-state index contributed by atoms with van der Waals surface area (Å²) in [5.74, 6) is 0. The van der Waals surface area contributed by atoms with E-state index in [4.69, 9.17) is 5.26 Å². The second kappa shape index (κ2) is 3.77. The van der Waals surface area contributed by atoms with E-state index in [-0.39, 0.29) is 5.41 Å². The lowest BCUT2D eigenvalue weighted by molar-refractivity contribution is 0.0624. The van der Waals surface area contributed by atoms with Crippen molar-refractivity contribution in [3.05, 3.63) is 29.6 Å². The lowest BCUT2D eigenvalue weighted by atomic mass is 9.85. The number of aliphatic hydroxyl groups excluding tert-OH is 1. The third-order valence-corrected chi connectivity index (χ3v) is 2.04. The van der Waals surface area contributed by atoms with Gasteiger partial charge in [-0.2, -0.15) is 5.26 Å². The van der Waals surface area contributed by atoms with Gasteiger partial charge in [-0.05, 0) is 17.0 Å². The van der Waals surface area contributed by atoms with Crippen LogP contribution in [-0.4, -0.2) is 10.1 Å². The minimum Gasteiger partial charge on any atom is -0.388 e. The molecule has 14 heavy (non-hydrogen) atoms. The van der Waals surface area contributed by atoms with Crippen LogP contribution in [0.25, 0.3) is 0 Å². The molecule has 0 spiro atoms. The number of aromatic nitrogens is 1. The molecule has 1 aromatic heterocycles. The summed E-state index contributed by atoms with van der Waals surface area (Å²) < 4.78 is 0. The number of pyridine rings is 1. The molecule has 0 bridgehead atoms. The molecule has 0 amide bonds. The standard InChI is InChI=1S/C11H14N2O/c1-11(2,3)10(14)8-4-5-9(6-12)13-7-8/h4-5,7,10,14H,1-3H3. The maximum Gasteiger partial charge on any atom is 0.140 e. The zero-order valence-electron chi connectivity index (χ0n) is 8.65. The van der Waals surface area contributed by atoms with Crippen LogP contribution in [0.4, 0.5) is 0 Å². The van der Waals surface area contributed by atoms with Crippen LogP contribution >= 0.6 is 0 Å². The highest BCUT2D eigenvalue weighted by Gasteiger charge is 2.23. The van der Waals surface area contributed by atoms with Gasteiger partial charge < -0.3 is 5.11 Å². The molecule has 0 saturated heterocycles. The highest BCUT2D eigenvalue weighted by molar-refractivity contribution is 5.24. The minimum absolute atomic E-state index is 0.212. The summed E-state index contributed by atoms with van der Waals surface area (Å²) in [6, 6.07) is 5.29. The molecule has 0 aliphatic heterocycles. The summed E-state index contributed by atoms with van der Waals surface area (Å²) in [4.78, 5) is 3.91. The molecule has 1 atom stereocenters. The lowest BCUT2D eigenvalue weighted by Gasteiger charge is -2.25. The summed E-state index contributed by atoms with van der Waals surface area (Å²) in [7, 11) is 0. The van der Waals surface area contributed by atoms with Gasteiger partial charge in [-0.25, -0.2) is 4.98 Å². The normalized spacial score (nSPS) is 13.4. The van der Waals surface area contributed by atoms with E-state index in [2.05, 4.69) is 4.98 Å². The Labute approximate surface area is 84.0 Å². The Morgan fingerprint density at radius 1 is 1.43 bits per heavy atom. The molecule has 0 aromatic carbocycles. The molecule has 0 saturated carbocycles. The molecule has 3 nitrogen and oxygen atoms in total. The molecule has 1 rings (SSSR count). The van der Waals surface area contributed by atoms with Crippen molar-refractivity contribution in [1.29, 1.82) is 5.26 Å². The van der Waals surface area contributed by atoms with Crippen LogP contribution in [-0.2, 0) is 0 Å². The average Bonchev–Trinajstić information content (AvgIpc) is 2.15. The zero-order chi connectivity index (χ0) is 10.8. The zero-order valence-corrected chi connectivity index (χ0v) is 8.65. The molecule has 0 aliphatic rings. The number of rotatable bonds is 1. The summed E-state index contributed by atoms with van der Waals surface area (Å²) in [5, 5.41) is 18.4. The fourth-order valence-electron chi connectivity index (χ4n) is 1.13. The Morgan fingerprint density at radius 2 is 2.07 bits per heavy atom. The first-order valence-electron chi connectivity index (χ1n) is 4.49. The second-order valence-corrected chi connectivity index (χ2v) is 4.36. The maximum atomic E-state index is 9.90. The Morgan fingerprint density at radius 3 is 2.43 bits per heavy atom. The first-order chi connectivity index (χ1) is 6.45. The molecule has 1 heterocycles. The number of nitrogens with zero attached hydrogens (tertiary/aromatic N) is 2. The predicted molar refractivity (Wildman–Crippen MR) is 53.4 cm³/mol. The highest BCUT2D eigenvalue weighted by atomic mass is 16.3. The van der Waals surface area contributed by atoms with Crippen LogP contribution in [0.5, 0.6) is 0 Å². The van der Waals surface area contributed by atoms with Crippen LogP contribution in [0, 0.1) is 16.7 Å². The van der Waals surface area contributed by atoms with Crippen LogP contribution in [0.15, 0.2) is 18.3 Å². The van der Waals surface area contributed by atoms with Crippen molar-refractivity contribution in [3.63, 3.8) is 0 Å². The number of hydrogen-bond acceptors (Lipinski definition) is 3. The van der Waals surface area contributed by atoms with Gasteiger partial charge in [0.05, 0.1) is 6.10 Å². The third-order valence-electron chi connectivity index (χ3n) is 2.04. The van der Waals surface area contributed by atoms with Crippen LogP contribution < -0.4 is 0 Å². The van der Waals surface area contributed by atoms with Gasteiger partial charge in [0.25, 0.3) is 0 Å². The second-order valence-electron chi connectivity index (χ2n) is 4.36. The van der Waals surface area contributed by atoms with Crippen molar-refractivity contribution >= 4 is 0 Å². The number of aliphatic hydroxyl groups is 1. The Kier molecular flexibility index (Phi) is 2.87. The molecule has 0 radical (unpaired) electrons. The predicted octanol–water partition coefficient (Wildman–Crippen LogP) is 2.03. The molecule has 3 heteroatoms. The molecule has 1 N–H and O–H groups in total. The maximum absolute atomic E-state index is 9.90. The Balaban J connectivity index is 2.94. The van der Waals surface area contributed by atoms with E-state index in [1.54, 1.807) is 18.3 Å². The Bertz CT molecular complexity index is 343. The molecule has 74 valence electrons. The van der Waals surface area contributed by atoms with E-state index >= 15 is 0 Å². The molecule has 0 fully saturated rings. The van der Waals surface area contributed by atoms with Crippen LogP contribution in [0.1, 0.15) is 38.1 Å². The summed E-state index contributed by atoms with van der Waals surface area (Å²) in [6.45, 7) is 5.86. The molecular formula is C11H14N2O. The van der Waals surface area contributed by atoms with Crippen molar-refractivity contribution in [3.8, 4) is 6.07 Å². The van der Waals surface area contributed by atoms with Gasteiger partial charge in [0.15, 0.2) is 0 Å². The topological polar surface area (TPSA) is 56.9 Å². The van der Waals surface area contributed by atoms with E-state index < -0.39 is 6.10 Å². The van der Waals surface area contributed by atoms with Gasteiger partial charge >= 0.3 is 0 Å². The van der Waals surface area contributed by atoms with E-state index in [0.29, 0.717) is 5.69 Å². The van der Waals surface area contributed by atoms with E-state index in [0.717, 1.165) is 5.56 Å². The fraction of sp³-hybridized carbons (Fsp3) is 0.455. The third kappa shape index (κ3) is 2.30. The smallest absolute Gasteiger partial charge is 0.140 e. The molecule has 0 aliphatic carbocycles. The van der Waals surface area contributed by atoms with E-state index in [1.807, 2.05) is 26.8 Å². The monoisotopic (exact) mass is 190 g/mol. The van der Waals surface area contributed by atoms with Gasteiger partial charge in [0.1, 0.15) is 11.8 Å². The summed E-state index contributed by atoms with van der Waals surface area (Å²) in [5.41, 5.74) is 0.905. The van der Waals surface area contributed by atoms with Gasteiger partial charge in [-0.15, -0.1) is 0 Å². The quantitative estimate of drug-likeness (QED) is 0.737. The Hall–Kier alpha value is -1.40. The number of hydrogen-bond donors (Lipinski definition) is 1. The first-order valence-corrected chi connectivity index (χ1v) is 4.49. The van der Waals surface area contributed by atoms with Crippen molar-refractivity contribution in [1.82, 2.24) is 4.98 Å². The SMILES string of the molecule is CC(C)(C)C(O)c1ccc(C#N)nc1. The largest absolute Gasteiger partial charge is 0.388 e. The molecule has 1 unspecified atom stereocenters. The molecular weight excluding hydrogens is 176 g/mol. The van der Waals surface area contributed by atoms with Crippen molar-refractivity contribution < 1.29 is 5.11 Å². The van der Waals surface area contributed by atoms with Crippen molar-refractivity contribution in [2.75, 3.05) is 0 Å². The first kappa shape index (κ1) is 10.7. The molecule has 1 aromatic rings. The van der Waals surface area contributed by atoms with E-state index in [9.17, 15) is 5.11 Å². The lowest BCUT2D eigenvalue weighted by Crippen LogP contribution is -2.17. The van der Waals surface area contributed by atoms with Gasteiger partial charge in [0, 0.05) is 6.20 Å². The van der Waals surface area contributed by atoms with E-state index in [1.165, 1.54) is 0 Å². The van der Waals surface area contributed by atoms with Gasteiger partial charge in [0.2, 0.25) is 0 Å².